The quantitative estimate of drug-likeness (QED) is 0.163. The molecule has 0 N–H and O–H groups in total. The zero-order valence-corrected chi connectivity index (χ0v) is 33.0. The van der Waals surface area contributed by atoms with Crippen LogP contribution in [0.4, 0.5) is 34.1 Å². The minimum Gasteiger partial charge on any atom is -0.458 e. The zero-order chi connectivity index (χ0) is 40.2. The molecule has 6 heterocycles. The van der Waals surface area contributed by atoms with E-state index in [2.05, 4.69) is 180 Å². The molecule has 8 heteroatoms. The Morgan fingerprint density at radius 2 is 0.968 bits per heavy atom. The molecule has 0 saturated heterocycles. The lowest BCUT2D eigenvalue weighted by Crippen LogP contribution is -2.63. The van der Waals surface area contributed by atoms with E-state index in [0.29, 0.717) is 0 Å². The van der Waals surface area contributed by atoms with Crippen molar-refractivity contribution in [3.8, 4) is 23.0 Å². The van der Waals surface area contributed by atoms with Crippen molar-refractivity contribution in [3.63, 3.8) is 0 Å². The van der Waals surface area contributed by atoms with Gasteiger partial charge in [0.2, 0.25) is 0 Å². The Hall–Kier alpha value is -8.09. The third-order valence-electron chi connectivity index (χ3n) is 13.5. The molecule has 4 aliphatic heterocycles. The number of anilines is 6. The van der Waals surface area contributed by atoms with E-state index in [1.54, 1.807) is 0 Å². The third kappa shape index (κ3) is 4.16. The van der Waals surface area contributed by atoms with Gasteiger partial charge in [-0.1, -0.05) is 115 Å². The normalized spacial score (nSPS) is 13.9. The van der Waals surface area contributed by atoms with Crippen LogP contribution in [0.1, 0.15) is 0 Å². The summed E-state index contributed by atoms with van der Waals surface area (Å²) in [5, 5.41) is 4.16. The van der Waals surface area contributed by atoms with Crippen molar-refractivity contribution in [2.45, 2.75) is 0 Å². The first kappa shape index (κ1) is 32.7. The van der Waals surface area contributed by atoms with E-state index < -0.39 is 0 Å². The van der Waals surface area contributed by atoms with Gasteiger partial charge in [-0.15, -0.1) is 0 Å². The van der Waals surface area contributed by atoms with Gasteiger partial charge in [-0.25, -0.2) is 0 Å². The second-order valence-electron chi connectivity index (χ2n) is 16.7. The highest BCUT2D eigenvalue weighted by atomic mass is 16.5. The topological polar surface area (TPSA) is 51.2 Å². The molecule has 15 rings (SSSR count). The Bertz CT molecular complexity index is 3750. The average molecular weight is 792 g/mol. The molecule has 2 aromatic heterocycles. The molecule has 0 radical (unpaired) electrons. The van der Waals surface area contributed by atoms with Crippen LogP contribution < -0.4 is 52.1 Å². The van der Waals surface area contributed by atoms with Crippen molar-refractivity contribution in [2.24, 2.45) is 0 Å². The summed E-state index contributed by atoms with van der Waals surface area (Å²) in [5.74, 6) is 3.19. The predicted octanol–water partition coefficient (Wildman–Crippen LogP) is 10.3. The van der Waals surface area contributed by atoms with Gasteiger partial charge in [-0.3, -0.25) is 0 Å². The lowest BCUT2D eigenvalue weighted by Gasteiger charge is -2.45. The molecule has 11 aromatic rings. The van der Waals surface area contributed by atoms with Gasteiger partial charge in [0.1, 0.15) is 45.3 Å². The highest BCUT2D eigenvalue weighted by molar-refractivity contribution is 7.02. The first-order valence-electron chi connectivity index (χ1n) is 21.1. The van der Waals surface area contributed by atoms with E-state index in [4.69, 9.17) is 18.3 Å². The summed E-state index contributed by atoms with van der Waals surface area (Å²) in [6.45, 7) is -0.270. The summed E-state index contributed by atoms with van der Waals surface area (Å²) in [7, 11) is 0. The molecule has 0 aliphatic carbocycles. The van der Waals surface area contributed by atoms with Gasteiger partial charge in [0.05, 0.1) is 16.5 Å². The summed E-state index contributed by atoms with van der Waals surface area (Å²) >= 11 is 0. The van der Waals surface area contributed by atoms with E-state index in [-0.39, 0.29) is 13.4 Å². The van der Waals surface area contributed by atoms with Crippen LogP contribution in [0.2, 0.25) is 0 Å². The monoisotopic (exact) mass is 792 g/mol. The lowest BCUT2D eigenvalue weighted by molar-refractivity contribution is 0.467. The van der Waals surface area contributed by atoms with Crippen LogP contribution in [-0.4, -0.2) is 13.4 Å². The molecule has 6 nitrogen and oxygen atoms in total. The molecule has 4 aliphatic rings. The van der Waals surface area contributed by atoms with E-state index in [1.807, 2.05) is 12.1 Å². The van der Waals surface area contributed by atoms with Crippen LogP contribution >= 0.6 is 0 Å². The maximum absolute atomic E-state index is 7.18. The molecule has 0 fully saturated rings. The van der Waals surface area contributed by atoms with Crippen LogP contribution in [0.5, 0.6) is 23.0 Å². The summed E-state index contributed by atoms with van der Waals surface area (Å²) in [6.07, 6.45) is 0. The zero-order valence-electron chi connectivity index (χ0n) is 33.0. The molecule has 0 atom stereocenters. The molecular weight excluding hydrogens is 762 g/mol. The minimum atomic E-state index is -0.150. The van der Waals surface area contributed by atoms with Gasteiger partial charge in [0, 0.05) is 62.9 Å². The summed E-state index contributed by atoms with van der Waals surface area (Å²) < 4.78 is 27.4. The second kappa shape index (κ2) is 11.8. The smallest absolute Gasteiger partial charge is 0.260 e. The Kier molecular flexibility index (Phi) is 6.23. The van der Waals surface area contributed by atoms with Crippen LogP contribution in [0, 0.1) is 0 Å². The Balaban J connectivity index is 1.08. The van der Waals surface area contributed by atoms with Gasteiger partial charge in [0.15, 0.2) is 0 Å². The van der Waals surface area contributed by atoms with Crippen molar-refractivity contribution < 1.29 is 18.3 Å². The molecule has 9 aromatic carbocycles. The molecular formula is C54H30B2N2O4. The standard InChI is InChI=1S/C54H30B2N2O4/c1-3-15-31(16-4-1)57-39-23-11-9-21-35(39)55-37-27-38-45(61-48-30-47-50(34-20-8-13-25-43(34)60-47)54-52(48)56(38)36-22-10-14-26-44(36)62-54)28-40(37)58(32-17-5-2-6-18-32)53-49-33-19-7-12-24-42(33)59-46(49)29-41(57)51(53)55/h1-30H. The fraction of sp³-hybridized carbons (Fsp3) is 0. The SMILES string of the molecule is c1ccc(N2c3ccccc3B3c4cc5c(cc4N(c4ccccc4)c4c3c2cc2oc3ccccc3c42)Oc2cc3oc4ccccc4c3c3c2B5c2ccccc2O3)cc1. The van der Waals surface area contributed by atoms with E-state index in [1.165, 1.54) is 16.4 Å². The van der Waals surface area contributed by atoms with Gasteiger partial charge in [-0.05, 0) is 75.8 Å². The van der Waals surface area contributed by atoms with Crippen molar-refractivity contribution >= 4 is 124 Å². The number of benzene rings is 9. The van der Waals surface area contributed by atoms with Gasteiger partial charge in [-0.2, -0.15) is 0 Å². The van der Waals surface area contributed by atoms with Gasteiger partial charge >= 0.3 is 0 Å². The Morgan fingerprint density at radius 3 is 1.74 bits per heavy atom. The minimum absolute atomic E-state index is 0.120. The Labute approximate surface area is 355 Å². The van der Waals surface area contributed by atoms with Crippen molar-refractivity contribution in [1.82, 2.24) is 0 Å². The molecule has 286 valence electrons. The number of nitrogens with zero attached hydrogens (tertiary/aromatic N) is 2. The second-order valence-corrected chi connectivity index (χ2v) is 16.7. The molecule has 0 amide bonds. The third-order valence-corrected chi connectivity index (χ3v) is 13.5. The fourth-order valence-electron chi connectivity index (χ4n) is 11.1. The van der Waals surface area contributed by atoms with Crippen LogP contribution in [0.25, 0.3) is 43.9 Å². The number of rotatable bonds is 2. The van der Waals surface area contributed by atoms with Gasteiger partial charge < -0.3 is 28.1 Å². The molecule has 0 spiro atoms. The number of para-hydroxylation sites is 6. The van der Waals surface area contributed by atoms with Crippen molar-refractivity contribution in [2.75, 3.05) is 9.80 Å². The molecule has 62 heavy (non-hydrogen) atoms. The molecule has 0 unspecified atom stereocenters. The van der Waals surface area contributed by atoms with Crippen LogP contribution in [0.15, 0.2) is 191 Å². The number of ether oxygens (including phenoxy) is 2. The number of fused-ring (bicyclic) bond motifs is 16. The largest absolute Gasteiger partial charge is 0.458 e. The first-order chi connectivity index (χ1) is 30.8. The summed E-state index contributed by atoms with van der Waals surface area (Å²) in [5.41, 5.74) is 16.7. The fourth-order valence-corrected chi connectivity index (χ4v) is 11.1. The van der Waals surface area contributed by atoms with Crippen molar-refractivity contribution in [1.29, 1.82) is 0 Å². The average Bonchev–Trinajstić information content (AvgIpc) is 3.89. The summed E-state index contributed by atoms with van der Waals surface area (Å²) in [6, 6.07) is 64.5. The van der Waals surface area contributed by atoms with E-state index in [0.717, 1.165) is 117 Å². The van der Waals surface area contributed by atoms with Gasteiger partial charge in [0.25, 0.3) is 13.4 Å². The van der Waals surface area contributed by atoms with Crippen molar-refractivity contribution in [3.05, 3.63) is 182 Å². The maximum atomic E-state index is 7.18. The maximum Gasteiger partial charge on any atom is 0.260 e. The van der Waals surface area contributed by atoms with E-state index >= 15 is 0 Å². The lowest BCUT2D eigenvalue weighted by atomic mass is 9.30. The highest BCUT2D eigenvalue weighted by Gasteiger charge is 2.48. The van der Waals surface area contributed by atoms with Crippen LogP contribution in [-0.2, 0) is 0 Å². The number of furan rings is 2. The van der Waals surface area contributed by atoms with Crippen LogP contribution in [0.3, 0.4) is 0 Å². The number of hydrogen-bond donors (Lipinski definition) is 0. The number of hydrogen-bond acceptors (Lipinski definition) is 6. The molecule has 0 bridgehead atoms. The molecule has 0 saturated carbocycles. The Morgan fingerprint density at radius 1 is 0.355 bits per heavy atom. The predicted molar refractivity (Wildman–Crippen MR) is 253 cm³/mol. The summed E-state index contributed by atoms with van der Waals surface area (Å²) in [4.78, 5) is 4.88. The van der Waals surface area contributed by atoms with E-state index in [9.17, 15) is 0 Å². The highest BCUT2D eigenvalue weighted by Crippen LogP contribution is 2.51. The first-order valence-corrected chi connectivity index (χ1v) is 21.1.